The summed E-state index contributed by atoms with van der Waals surface area (Å²) in [5, 5.41) is 6.15. The van der Waals surface area contributed by atoms with Gasteiger partial charge in [0.25, 0.3) is 5.91 Å². The van der Waals surface area contributed by atoms with Crippen LogP contribution in [0, 0.1) is 20.8 Å². The summed E-state index contributed by atoms with van der Waals surface area (Å²) in [6, 6.07) is 2.12. The van der Waals surface area contributed by atoms with E-state index in [9.17, 15) is 4.79 Å². The van der Waals surface area contributed by atoms with E-state index in [1.165, 1.54) is 0 Å². The molecule has 1 aromatic carbocycles. The van der Waals surface area contributed by atoms with Crippen LogP contribution in [0.3, 0.4) is 0 Å². The molecule has 3 rings (SSSR count). The topological polar surface area (TPSA) is 75.6 Å². The molecule has 1 amide bonds. The quantitative estimate of drug-likeness (QED) is 0.566. The number of nitrogens with one attached hydrogen (secondary N) is 2. The second-order valence-electron chi connectivity index (χ2n) is 7.18. The smallest absolute Gasteiger partial charge is 0.254 e. The molecule has 6 heteroatoms. The number of carbonyl (C=O) groups excluding carboxylic acids is 1. The first kappa shape index (κ1) is 20.6. The minimum atomic E-state index is -0.214. The molecule has 0 aliphatic carbocycles. The maximum Gasteiger partial charge on any atom is 0.254 e. The lowest BCUT2D eigenvalue weighted by molar-refractivity contribution is 0.0963. The van der Waals surface area contributed by atoms with Gasteiger partial charge in [-0.1, -0.05) is 19.4 Å². The summed E-state index contributed by atoms with van der Waals surface area (Å²) >= 11 is 0. The Morgan fingerprint density at radius 1 is 1.24 bits per heavy atom. The van der Waals surface area contributed by atoms with Crippen molar-refractivity contribution >= 4 is 29.1 Å². The maximum atomic E-state index is 12.5. The van der Waals surface area contributed by atoms with Crippen LogP contribution in [-0.4, -0.2) is 24.2 Å². The van der Waals surface area contributed by atoms with Gasteiger partial charge in [0.1, 0.15) is 5.69 Å². The molecule has 0 radical (unpaired) electrons. The number of aryl methyl sites for hydroxylation is 2. The highest BCUT2D eigenvalue weighted by atomic mass is 16.5. The van der Waals surface area contributed by atoms with Gasteiger partial charge in [-0.2, -0.15) is 0 Å². The molecule has 0 spiro atoms. The average Bonchev–Trinajstić information content (AvgIpc) is 2.72. The lowest BCUT2D eigenvalue weighted by Crippen LogP contribution is -2.21. The number of aliphatic imine (C=N–C) groups is 1. The van der Waals surface area contributed by atoms with Gasteiger partial charge in [-0.25, -0.2) is 0 Å². The second-order valence-corrected chi connectivity index (χ2v) is 7.18. The van der Waals surface area contributed by atoms with Gasteiger partial charge < -0.3 is 15.4 Å². The molecule has 0 atom stereocenters. The molecule has 0 fully saturated rings. The predicted molar refractivity (Wildman–Crippen MR) is 119 cm³/mol. The van der Waals surface area contributed by atoms with Crippen molar-refractivity contribution in [2.45, 2.75) is 47.5 Å². The van der Waals surface area contributed by atoms with E-state index in [2.05, 4.69) is 40.5 Å². The number of hydrogen-bond donors (Lipinski definition) is 2. The van der Waals surface area contributed by atoms with Gasteiger partial charge in [0.15, 0.2) is 11.5 Å². The van der Waals surface area contributed by atoms with Crippen LogP contribution in [-0.2, 0) is 0 Å². The minimum absolute atomic E-state index is 0.214. The zero-order chi connectivity index (χ0) is 21.1. The molecule has 2 N–H and O–H groups in total. The lowest BCUT2D eigenvalue weighted by Gasteiger charge is -2.28. The summed E-state index contributed by atoms with van der Waals surface area (Å²) in [7, 11) is 1.61. The standard InChI is InChI=1S/C23H28N4O2/c1-7-9-16(11-25-8-2)19-22-20(17(12-26-19)23(28)24-6)27-18-14(4)10-13(3)15(5)21(18)29-22/h8,10-12,27H,7,9H2,1-6H3,(H,24,28)/b16-11+,25-8?. The number of fused-ring (bicyclic) bond motifs is 2. The number of ether oxygens (including phenoxy) is 1. The first-order valence-corrected chi connectivity index (χ1v) is 9.90. The number of hydrogen-bond acceptors (Lipinski definition) is 5. The van der Waals surface area contributed by atoms with Crippen LogP contribution in [0.4, 0.5) is 11.4 Å². The molecule has 2 aromatic rings. The minimum Gasteiger partial charge on any atom is -0.450 e. The molecular weight excluding hydrogens is 364 g/mol. The third kappa shape index (κ3) is 3.75. The molecule has 29 heavy (non-hydrogen) atoms. The van der Waals surface area contributed by atoms with Crippen molar-refractivity contribution in [2.24, 2.45) is 4.99 Å². The highest BCUT2D eigenvalue weighted by molar-refractivity contribution is 6.03. The number of benzene rings is 1. The molecule has 0 saturated carbocycles. The molecule has 1 aliphatic heterocycles. The van der Waals surface area contributed by atoms with E-state index in [-0.39, 0.29) is 5.91 Å². The highest BCUT2D eigenvalue weighted by Crippen LogP contribution is 2.50. The first-order valence-electron chi connectivity index (χ1n) is 9.90. The van der Waals surface area contributed by atoms with E-state index in [1.54, 1.807) is 19.5 Å². The van der Waals surface area contributed by atoms with Crippen molar-refractivity contribution in [3.05, 3.63) is 46.4 Å². The number of anilines is 2. The van der Waals surface area contributed by atoms with Crippen molar-refractivity contribution in [3.8, 4) is 11.5 Å². The van der Waals surface area contributed by atoms with Crippen molar-refractivity contribution in [3.63, 3.8) is 0 Å². The number of nitrogens with zero attached hydrogens (tertiary/aromatic N) is 2. The average molecular weight is 393 g/mol. The Labute approximate surface area is 172 Å². The molecule has 0 saturated heterocycles. The molecule has 1 aromatic heterocycles. The zero-order valence-corrected chi connectivity index (χ0v) is 17.9. The van der Waals surface area contributed by atoms with Gasteiger partial charge in [0, 0.05) is 25.7 Å². The number of carbonyl (C=O) groups is 1. The molecular formula is C23H28N4O2. The Kier molecular flexibility index (Phi) is 6.01. The van der Waals surface area contributed by atoms with Gasteiger partial charge >= 0.3 is 0 Å². The number of amides is 1. The van der Waals surface area contributed by atoms with E-state index in [0.717, 1.165) is 46.5 Å². The molecule has 152 valence electrons. The van der Waals surface area contributed by atoms with Crippen LogP contribution in [0.25, 0.3) is 5.57 Å². The fourth-order valence-corrected chi connectivity index (χ4v) is 3.49. The Hall–Kier alpha value is -3.15. The van der Waals surface area contributed by atoms with Crippen LogP contribution < -0.4 is 15.4 Å². The Balaban J connectivity index is 2.27. The van der Waals surface area contributed by atoms with Crippen LogP contribution in [0.1, 0.15) is 59.4 Å². The summed E-state index contributed by atoms with van der Waals surface area (Å²) in [6.45, 7) is 10.1. The van der Waals surface area contributed by atoms with Crippen molar-refractivity contribution in [1.82, 2.24) is 10.3 Å². The number of aromatic nitrogens is 1. The summed E-state index contributed by atoms with van der Waals surface area (Å²) in [4.78, 5) is 21.4. The Morgan fingerprint density at radius 3 is 2.66 bits per heavy atom. The van der Waals surface area contributed by atoms with Crippen molar-refractivity contribution in [1.29, 1.82) is 0 Å². The third-order valence-corrected chi connectivity index (χ3v) is 5.15. The van der Waals surface area contributed by atoms with Crippen LogP contribution in [0.15, 0.2) is 23.5 Å². The largest absolute Gasteiger partial charge is 0.450 e. The summed E-state index contributed by atoms with van der Waals surface area (Å²) in [5.41, 5.74) is 6.93. The SMILES string of the molecule is CC=N/C=C(\CCC)c1ncc(C(=O)NC)c2c1Oc1c(C)c(C)cc(C)c1N2. The monoisotopic (exact) mass is 392 g/mol. The fraction of sp³-hybridized carbons (Fsp3) is 0.348. The fourth-order valence-electron chi connectivity index (χ4n) is 3.49. The van der Waals surface area contributed by atoms with E-state index in [0.29, 0.717) is 22.7 Å². The van der Waals surface area contributed by atoms with Crippen LogP contribution in [0.2, 0.25) is 0 Å². The summed E-state index contributed by atoms with van der Waals surface area (Å²) < 4.78 is 6.45. The van der Waals surface area contributed by atoms with E-state index >= 15 is 0 Å². The Morgan fingerprint density at radius 2 is 2.00 bits per heavy atom. The molecule has 2 heterocycles. The molecule has 1 aliphatic rings. The first-order chi connectivity index (χ1) is 13.9. The third-order valence-electron chi connectivity index (χ3n) is 5.15. The van der Waals surface area contributed by atoms with Crippen molar-refractivity contribution < 1.29 is 9.53 Å². The highest BCUT2D eigenvalue weighted by Gasteiger charge is 2.29. The molecule has 0 bridgehead atoms. The lowest BCUT2D eigenvalue weighted by atomic mass is 9.99. The number of allylic oxidation sites excluding steroid dienone is 1. The predicted octanol–water partition coefficient (Wildman–Crippen LogP) is 5.45. The van der Waals surface area contributed by atoms with Gasteiger partial charge in [-0.15, -0.1) is 0 Å². The maximum absolute atomic E-state index is 12.5. The van der Waals surface area contributed by atoms with Gasteiger partial charge in [-0.05, 0) is 56.4 Å². The van der Waals surface area contributed by atoms with Crippen molar-refractivity contribution in [2.75, 3.05) is 12.4 Å². The summed E-state index contributed by atoms with van der Waals surface area (Å²) in [6.07, 6.45) is 6.91. The molecule has 0 unspecified atom stereocenters. The Bertz CT molecular complexity index is 1020. The van der Waals surface area contributed by atoms with Gasteiger partial charge in [0.05, 0.1) is 16.9 Å². The normalized spacial score (nSPS) is 12.8. The number of rotatable bonds is 5. The summed E-state index contributed by atoms with van der Waals surface area (Å²) in [5.74, 6) is 1.13. The van der Waals surface area contributed by atoms with Crippen LogP contribution >= 0.6 is 0 Å². The van der Waals surface area contributed by atoms with Gasteiger partial charge in [-0.3, -0.25) is 14.8 Å². The number of pyridine rings is 1. The second kappa shape index (κ2) is 8.47. The van der Waals surface area contributed by atoms with Gasteiger partial charge in [0.2, 0.25) is 0 Å². The van der Waals surface area contributed by atoms with E-state index in [1.807, 2.05) is 27.0 Å². The van der Waals surface area contributed by atoms with Crippen LogP contribution in [0.5, 0.6) is 11.5 Å². The van der Waals surface area contributed by atoms with E-state index < -0.39 is 0 Å². The zero-order valence-electron chi connectivity index (χ0n) is 17.9. The van der Waals surface area contributed by atoms with E-state index in [4.69, 9.17) is 4.74 Å². The molecule has 6 nitrogen and oxygen atoms in total.